The van der Waals surface area contributed by atoms with E-state index in [0.717, 1.165) is 5.56 Å². The number of thiazole rings is 1. The molecular weight excluding hydrogens is 440 g/mol. The van der Waals surface area contributed by atoms with Crippen LogP contribution in [-0.2, 0) is 20.9 Å². The number of carbonyl (C=O) groups is 3. The molecule has 0 spiro atoms. The average molecular weight is 461 g/mol. The van der Waals surface area contributed by atoms with E-state index >= 15 is 0 Å². The summed E-state index contributed by atoms with van der Waals surface area (Å²) < 4.78 is 2.29. The molecule has 4 rings (SSSR count). The Hall–Kier alpha value is -2.76. The number of aliphatic hydroxyl groups is 1. The van der Waals surface area contributed by atoms with Gasteiger partial charge in [0, 0.05) is 33.9 Å². The van der Waals surface area contributed by atoms with Gasteiger partial charge in [0.2, 0.25) is 12.5 Å². The van der Waals surface area contributed by atoms with Gasteiger partial charge < -0.3 is 25.6 Å². The molecule has 162 valence electrons. The van der Waals surface area contributed by atoms with Gasteiger partial charge in [0.15, 0.2) is 16.7 Å². The molecule has 0 aliphatic carbocycles. The van der Waals surface area contributed by atoms with Gasteiger partial charge in [-0.2, -0.15) is 4.57 Å². The zero-order chi connectivity index (χ0) is 22.4. The first kappa shape index (κ1) is 21.5. The van der Waals surface area contributed by atoms with Crippen LogP contribution in [0.2, 0.25) is 0 Å². The van der Waals surface area contributed by atoms with E-state index in [2.05, 4.69) is 4.98 Å². The van der Waals surface area contributed by atoms with Crippen LogP contribution in [0, 0.1) is 11.8 Å². The van der Waals surface area contributed by atoms with Crippen molar-refractivity contribution in [3.8, 4) is 11.3 Å². The van der Waals surface area contributed by atoms with E-state index < -0.39 is 35.8 Å². The topological polar surface area (TPSA) is 141 Å². The lowest BCUT2D eigenvalue weighted by Crippen LogP contribution is -2.64. The van der Waals surface area contributed by atoms with Crippen LogP contribution >= 0.6 is 23.1 Å². The SMILES string of the molecule is CC(O)[C@H]1C(=O)N2C(C(=O)[O-])=C(Sc3nc(-c4cc[n+](CC(N)=O)cc4)cs3)[C@H](C)[C@H]12. The van der Waals surface area contributed by atoms with Crippen molar-refractivity contribution in [2.24, 2.45) is 17.6 Å². The predicted octanol–water partition coefficient (Wildman–Crippen LogP) is -0.506. The summed E-state index contributed by atoms with van der Waals surface area (Å²) in [6.45, 7) is 3.47. The van der Waals surface area contributed by atoms with Crippen LogP contribution in [0.15, 0.2) is 44.8 Å². The lowest BCUT2D eigenvalue weighted by molar-refractivity contribution is -0.684. The number of hydrogen-bond acceptors (Lipinski definition) is 8. The molecule has 2 aromatic heterocycles. The molecule has 0 bridgehead atoms. The molecule has 31 heavy (non-hydrogen) atoms. The van der Waals surface area contributed by atoms with Gasteiger partial charge in [-0.25, -0.2) is 4.98 Å². The number of carboxylic acids is 1. The second-order valence-corrected chi connectivity index (χ2v) is 9.73. The zero-order valence-electron chi connectivity index (χ0n) is 16.7. The molecule has 11 heteroatoms. The maximum Gasteiger partial charge on any atom is 0.283 e. The molecule has 3 N–H and O–H groups in total. The second kappa shape index (κ2) is 8.06. The Kier molecular flexibility index (Phi) is 5.58. The molecular formula is C20H20N4O5S2. The van der Waals surface area contributed by atoms with Crippen LogP contribution in [0.25, 0.3) is 11.3 Å². The Balaban J connectivity index is 1.57. The number of aromatic nitrogens is 2. The smallest absolute Gasteiger partial charge is 0.283 e. The van der Waals surface area contributed by atoms with E-state index in [4.69, 9.17) is 5.73 Å². The number of nitrogens with zero attached hydrogens (tertiary/aromatic N) is 3. The number of β-lactam (4-membered cyclic amide) rings is 1. The Labute approximate surface area is 186 Å². The van der Waals surface area contributed by atoms with E-state index in [1.54, 1.807) is 17.0 Å². The molecule has 1 fully saturated rings. The van der Waals surface area contributed by atoms with Gasteiger partial charge in [0.25, 0.3) is 5.91 Å². The summed E-state index contributed by atoms with van der Waals surface area (Å²) in [6, 6.07) is 3.24. The Morgan fingerprint density at radius 1 is 1.42 bits per heavy atom. The molecule has 1 saturated heterocycles. The van der Waals surface area contributed by atoms with Crippen molar-refractivity contribution in [2.45, 2.75) is 36.9 Å². The van der Waals surface area contributed by atoms with Crippen LogP contribution in [0.3, 0.4) is 0 Å². The van der Waals surface area contributed by atoms with E-state index in [9.17, 15) is 24.6 Å². The number of hydrogen-bond donors (Lipinski definition) is 2. The third-order valence-corrected chi connectivity index (χ3v) is 7.73. The lowest BCUT2D eigenvalue weighted by Gasteiger charge is -2.47. The van der Waals surface area contributed by atoms with Gasteiger partial charge >= 0.3 is 0 Å². The minimum atomic E-state index is -1.41. The highest BCUT2D eigenvalue weighted by molar-refractivity contribution is 8.04. The number of fused-ring (bicyclic) bond motifs is 1. The van der Waals surface area contributed by atoms with Crippen molar-refractivity contribution in [1.82, 2.24) is 9.88 Å². The number of aliphatic carboxylic acids is 1. The largest absolute Gasteiger partial charge is 0.543 e. The molecule has 2 aliphatic rings. The van der Waals surface area contributed by atoms with Crippen LogP contribution in [0.4, 0.5) is 0 Å². The summed E-state index contributed by atoms with van der Waals surface area (Å²) in [5.74, 6) is -3.12. The van der Waals surface area contributed by atoms with Crippen molar-refractivity contribution in [3.05, 3.63) is 40.5 Å². The summed E-state index contributed by atoms with van der Waals surface area (Å²) in [4.78, 5) is 41.6. The Morgan fingerprint density at radius 3 is 2.68 bits per heavy atom. The third-order valence-electron chi connectivity index (χ3n) is 5.51. The van der Waals surface area contributed by atoms with Gasteiger partial charge in [-0.05, 0) is 6.92 Å². The number of rotatable bonds is 7. The zero-order valence-corrected chi connectivity index (χ0v) is 18.4. The molecule has 4 heterocycles. The van der Waals surface area contributed by atoms with Crippen molar-refractivity contribution in [1.29, 1.82) is 0 Å². The van der Waals surface area contributed by atoms with Gasteiger partial charge in [0.1, 0.15) is 0 Å². The summed E-state index contributed by atoms with van der Waals surface area (Å²) in [5, 5.41) is 23.6. The van der Waals surface area contributed by atoms with Crippen molar-refractivity contribution in [3.63, 3.8) is 0 Å². The molecule has 2 amide bonds. The third kappa shape index (κ3) is 3.73. The first-order valence-corrected chi connectivity index (χ1v) is 11.3. The molecule has 2 aliphatic heterocycles. The lowest BCUT2D eigenvalue weighted by atomic mass is 9.79. The predicted molar refractivity (Wildman–Crippen MR) is 110 cm³/mol. The van der Waals surface area contributed by atoms with Crippen molar-refractivity contribution >= 4 is 40.9 Å². The van der Waals surface area contributed by atoms with Crippen LogP contribution < -0.4 is 15.4 Å². The fraction of sp³-hybridized carbons (Fsp3) is 0.350. The fourth-order valence-electron chi connectivity index (χ4n) is 4.09. The number of carboxylic acid groups (broad SMARTS) is 1. The van der Waals surface area contributed by atoms with Crippen LogP contribution in [-0.4, -0.2) is 44.9 Å². The van der Waals surface area contributed by atoms with Gasteiger partial charge in [-0.1, -0.05) is 18.7 Å². The average Bonchev–Trinajstić information content (AvgIpc) is 3.24. The maximum atomic E-state index is 12.4. The molecule has 0 aromatic carbocycles. The molecule has 0 radical (unpaired) electrons. The minimum absolute atomic E-state index is 0.0837. The summed E-state index contributed by atoms with van der Waals surface area (Å²) in [6.07, 6.45) is 2.61. The van der Waals surface area contributed by atoms with Gasteiger partial charge in [0.05, 0.1) is 35.4 Å². The monoisotopic (exact) mass is 460 g/mol. The van der Waals surface area contributed by atoms with E-state index in [-0.39, 0.29) is 18.2 Å². The normalized spacial score (nSPS) is 23.5. The molecule has 2 aromatic rings. The maximum absolute atomic E-state index is 12.4. The van der Waals surface area contributed by atoms with Crippen molar-refractivity contribution in [2.75, 3.05) is 0 Å². The number of thioether (sulfide) groups is 1. The summed E-state index contributed by atoms with van der Waals surface area (Å²) >= 11 is 2.57. The Bertz CT molecular complexity index is 1100. The highest BCUT2D eigenvalue weighted by Gasteiger charge is 2.58. The van der Waals surface area contributed by atoms with Gasteiger partial charge in [-0.15, -0.1) is 11.3 Å². The Morgan fingerprint density at radius 2 is 2.10 bits per heavy atom. The second-order valence-electron chi connectivity index (χ2n) is 7.58. The van der Waals surface area contributed by atoms with Crippen molar-refractivity contribution < 1.29 is 29.2 Å². The van der Waals surface area contributed by atoms with Gasteiger partial charge in [-0.3, -0.25) is 9.59 Å². The van der Waals surface area contributed by atoms with Crippen LogP contribution in [0.1, 0.15) is 13.8 Å². The number of nitrogens with two attached hydrogens (primary N) is 1. The number of aliphatic hydroxyl groups excluding tert-OH is 1. The first-order valence-electron chi connectivity index (χ1n) is 9.56. The molecule has 0 saturated carbocycles. The summed E-state index contributed by atoms with van der Waals surface area (Å²) in [7, 11) is 0. The molecule has 4 atom stereocenters. The number of primary amides is 1. The quantitative estimate of drug-likeness (QED) is 0.419. The molecule has 9 nitrogen and oxygen atoms in total. The van der Waals surface area contributed by atoms with Crippen LogP contribution in [0.5, 0.6) is 0 Å². The summed E-state index contributed by atoms with van der Waals surface area (Å²) in [5.41, 5.74) is 6.61. The highest BCUT2D eigenvalue weighted by Crippen LogP contribution is 2.52. The number of amides is 2. The molecule has 1 unspecified atom stereocenters. The first-order chi connectivity index (χ1) is 14.7. The fourth-order valence-corrected chi connectivity index (χ4v) is 6.19. The highest BCUT2D eigenvalue weighted by atomic mass is 32.2. The van der Waals surface area contributed by atoms with E-state index in [1.165, 1.54) is 34.9 Å². The van der Waals surface area contributed by atoms with E-state index in [0.29, 0.717) is 14.9 Å². The minimum Gasteiger partial charge on any atom is -0.543 e. The standard InChI is InChI=1S/C20H20N4O5S2/c1-9-15-14(10(2)25)18(27)24(15)16(19(28)29)17(9)31-20-22-12(8-30-20)11-3-5-23(6-4-11)7-13(21)26/h3-6,8-10,14-15,25H,7H2,1-2H3,(H2-,21,26,28,29)/t9-,10?,14-,15-/m1/s1. The van der Waals surface area contributed by atoms with E-state index in [1.807, 2.05) is 24.4 Å². The number of pyridine rings is 1. The number of carbonyl (C=O) groups excluding carboxylic acids is 3.